The van der Waals surface area contributed by atoms with Gasteiger partial charge in [0, 0.05) is 31.7 Å². The number of hydrogen-bond acceptors (Lipinski definition) is 2. The zero-order valence-corrected chi connectivity index (χ0v) is 12.9. The van der Waals surface area contributed by atoms with Gasteiger partial charge in [-0.05, 0) is 43.9 Å². The summed E-state index contributed by atoms with van der Waals surface area (Å²) in [5, 5.41) is 5.86. The van der Waals surface area contributed by atoms with Gasteiger partial charge >= 0.3 is 6.03 Å². The van der Waals surface area contributed by atoms with E-state index in [1.165, 1.54) is 0 Å². The third kappa shape index (κ3) is 4.21. The molecule has 1 heterocycles. The fourth-order valence-electron chi connectivity index (χ4n) is 2.47. The number of anilines is 1. The predicted molar refractivity (Wildman–Crippen MR) is 83.3 cm³/mol. The SMILES string of the molecule is Cc1ccc(C)c(NC(=O)NC2CCC(=O)N(C)CC2)c1. The Labute approximate surface area is 125 Å². The molecule has 3 amide bonds. The molecule has 0 bridgehead atoms. The van der Waals surface area contributed by atoms with Crippen LogP contribution in [-0.4, -0.2) is 36.5 Å². The lowest BCUT2D eigenvalue weighted by molar-refractivity contribution is -0.129. The van der Waals surface area contributed by atoms with Gasteiger partial charge in [0.25, 0.3) is 0 Å². The normalized spacial score (nSPS) is 19.1. The molecule has 2 rings (SSSR count). The van der Waals surface area contributed by atoms with Gasteiger partial charge in [-0.15, -0.1) is 0 Å². The van der Waals surface area contributed by atoms with E-state index in [0.717, 1.165) is 23.2 Å². The molecule has 0 aromatic heterocycles. The zero-order valence-electron chi connectivity index (χ0n) is 12.9. The van der Waals surface area contributed by atoms with E-state index >= 15 is 0 Å². The molecule has 1 aliphatic rings. The zero-order chi connectivity index (χ0) is 15.4. The number of nitrogens with zero attached hydrogens (tertiary/aromatic N) is 1. The maximum Gasteiger partial charge on any atom is 0.319 e. The standard InChI is InChI=1S/C16H23N3O2/c1-11-4-5-12(2)14(10-11)18-16(21)17-13-6-7-15(20)19(3)9-8-13/h4-5,10,13H,6-9H2,1-3H3,(H2,17,18,21). The summed E-state index contributed by atoms with van der Waals surface area (Å²) >= 11 is 0. The van der Waals surface area contributed by atoms with E-state index in [4.69, 9.17) is 0 Å². The number of carbonyl (C=O) groups excluding carboxylic acids is 2. The molecule has 1 atom stereocenters. The van der Waals surface area contributed by atoms with Crippen LogP contribution in [-0.2, 0) is 4.79 Å². The van der Waals surface area contributed by atoms with Crippen LogP contribution in [0.15, 0.2) is 18.2 Å². The van der Waals surface area contributed by atoms with Crippen molar-refractivity contribution in [2.24, 2.45) is 0 Å². The largest absolute Gasteiger partial charge is 0.346 e. The third-order valence-electron chi connectivity index (χ3n) is 3.92. The molecule has 0 radical (unpaired) electrons. The van der Waals surface area contributed by atoms with E-state index in [2.05, 4.69) is 10.6 Å². The maximum atomic E-state index is 12.1. The van der Waals surface area contributed by atoms with E-state index in [-0.39, 0.29) is 18.0 Å². The van der Waals surface area contributed by atoms with Crippen LogP contribution in [0.2, 0.25) is 0 Å². The maximum absolute atomic E-state index is 12.1. The van der Waals surface area contributed by atoms with Gasteiger partial charge in [-0.1, -0.05) is 12.1 Å². The number of benzene rings is 1. The highest BCUT2D eigenvalue weighted by atomic mass is 16.2. The van der Waals surface area contributed by atoms with Crippen molar-refractivity contribution in [1.82, 2.24) is 10.2 Å². The van der Waals surface area contributed by atoms with Crippen LogP contribution in [0.5, 0.6) is 0 Å². The Morgan fingerprint density at radius 1 is 1.29 bits per heavy atom. The summed E-state index contributed by atoms with van der Waals surface area (Å²) in [5.41, 5.74) is 2.97. The molecule has 1 aromatic carbocycles. The van der Waals surface area contributed by atoms with Crippen molar-refractivity contribution in [3.05, 3.63) is 29.3 Å². The van der Waals surface area contributed by atoms with Gasteiger partial charge in [0.1, 0.15) is 0 Å². The molecule has 0 spiro atoms. The first-order valence-electron chi connectivity index (χ1n) is 7.34. The number of nitrogens with one attached hydrogen (secondary N) is 2. The van der Waals surface area contributed by atoms with E-state index < -0.39 is 0 Å². The quantitative estimate of drug-likeness (QED) is 0.878. The smallest absolute Gasteiger partial charge is 0.319 e. The van der Waals surface area contributed by atoms with Gasteiger partial charge in [-0.3, -0.25) is 4.79 Å². The van der Waals surface area contributed by atoms with Gasteiger partial charge in [0.2, 0.25) is 5.91 Å². The molecule has 0 aliphatic carbocycles. The number of hydrogen-bond donors (Lipinski definition) is 2. The minimum atomic E-state index is -0.203. The van der Waals surface area contributed by atoms with Gasteiger partial charge in [-0.25, -0.2) is 4.79 Å². The number of likely N-dealkylation sites (tertiary alicyclic amines) is 1. The summed E-state index contributed by atoms with van der Waals surface area (Å²) in [4.78, 5) is 25.4. The Hall–Kier alpha value is -2.04. The van der Waals surface area contributed by atoms with Crippen LogP contribution in [0, 0.1) is 13.8 Å². The topological polar surface area (TPSA) is 61.4 Å². The lowest BCUT2D eigenvalue weighted by Gasteiger charge is -2.18. The predicted octanol–water partition coefficient (Wildman–Crippen LogP) is 2.44. The number of aryl methyl sites for hydroxylation is 2. The number of urea groups is 1. The van der Waals surface area contributed by atoms with E-state index in [1.807, 2.05) is 32.0 Å². The monoisotopic (exact) mass is 289 g/mol. The molecule has 1 aliphatic heterocycles. The van der Waals surface area contributed by atoms with Crippen molar-refractivity contribution in [3.63, 3.8) is 0 Å². The molecular weight excluding hydrogens is 266 g/mol. The van der Waals surface area contributed by atoms with Crippen LogP contribution in [0.3, 0.4) is 0 Å². The molecule has 1 unspecified atom stereocenters. The summed E-state index contributed by atoms with van der Waals surface area (Å²) in [7, 11) is 1.81. The average Bonchev–Trinajstić information content (AvgIpc) is 2.58. The Balaban J connectivity index is 1.92. The summed E-state index contributed by atoms with van der Waals surface area (Å²) in [6.07, 6.45) is 1.98. The van der Waals surface area contributed by atoms with Crippen molar-refractivity contribution >= 4 is 17.6 Å². The van der Waals surface area contributed by atoms with E-state index in [1.54, 1.807) is 11.9 Å². The summed E-state index contributed by atoms with van der Waals surface area (Å²) in [6.45, 7) is 4.65. The van der Waals surface area contributed by atoms with Gasteiger partial charge < -0.3 is 15.5 Å². The highest BCUT2D eigenvalue weighted by Crippen LogP contribution is 2.17. The lowest BCUT2D eigenvalue weighted by atomic mass is 10.1. The summed E-state index contributed by atoms with van der Waals surface area (Å²) in [5.74, 6) is 0.147. The van der Waals surface area contributed by atoms with Gasteiger partial charge in [0.05, 0.1) is 0 Å². The highest BCUT2D eigenvalue weighted by Gasteiger charge is 2.21. The minimum Gasteiger partial charge on any atom is -0.346 e. The first kappa shape index (κ1) is 15.4. The second-order valence-corrected chi connectivity index (χ2v) is 5.76. The van der Waals surface area contributed by atoms with E-state index in [9.17, 15) is 9.59 Å². The molecule has 5 nitrogen and oxygen atoms in total. The fraction of sp³-hybridized carbons (Fsp3) is 0.500. The molecule has 1 fully saturated rings. The van der Waals surface area contributed by atoms with Crippen molar-refractivity contribution in [1.29, 1.82) is 0 Å². The van der Waals surface area contributed by atoms with Crippen molar-refractivity contribution < 1.29 is 9.59 Å². The Morgan fingerprint density at radius 3 is 2.81 bits per heavy atom. The first-order valence-corrected chi connectivity index (χ1v) is 7.34. The molecule has 21 heavy (non-hydrogen) atoms. The number of amides is 3. The Kier molecular flexibility index (Phi) is 4.83. The van der Waals surface area contributed by atoms with Crippen molar-refractivity contribution in [2.75, 3.05) is 18.9 Å². The average molecular weight is 289 g/mol. The molecule has 114 valence electrons. The minimum absolute atomic E-state index is 0.0454. The molecule has 2 N–H and O–H groups in total. The summed E-state index contributed by atoms with van der Waals surface area (Å²) in [6, 6.07) is 5.81. The van der Waals surface area contributed by atoms with Gasteiger partial charge in [0.15, 0.2) is 0 Å². The molecule has 5 heteroatoms. The third-order valence-corrected chi connectivity index (χ3v) is 3.92. The van der Waals surface area contributed by atoms with Crippen LogP contribution in [0.25, 0.3) is 0 Å². The lowest BCUT2D eigenvalue weighted by Crippen LogP contribution is -2.38. The Morgan fingerprint density at radius 2 is 2.05 bits per heavy atom. The molecule has 0 saturated carbocycles. The van der Waals surface area contributed by atoms with Crippen molar-refractivity contribution in [2.45, 2.75) is 39.2 Å². The summed E-state index contributed by atoms with van der Waals surface area (Å²) < 4.78 is 0. The van der Waals surface area contributed by atoms with Gasteiger partial charge in [-0.2, -0.15) is 0 Å². The molecule has 1 aromatic rings. The van der Waals surface area contributed by atoms with Crippen LogP contribution >= 0.6 is 0 Å². The second-order valence-electron chi connectivity index (χ2n) is 5.76. The molecule has 1 saturated heterocycles. The first-order chi connectivity index (χ1) is 9.95. The van der Waals surface area contributed by atoms with Crippen LogP contribution in [0.4, 0.5) is 10.5 Å². The number of carbonyl (C=O) groups is 2. The fourth-order valence-corrected chi connectivity index (χ4v) is 2.47. The van der Waals surface area contributed by atoms with Crippen molar-refractivity contribution in [3.8, 4) is 0 Å². The highest BCUT2D eigenvalue weighted by molar-refractivity contribution is 5.90. The van der Waals surface area contributed by atoms with Crippen LogP contribution in [0.1, 0.15) is 30.4 Å². The Bertz CT molecular complexity index is 542. The van der Waals surface area contributed by atoms with Crippen LogP contribution < -0.4 is 10.6 Å². The molecular formula is C16H23N3O2. The second kappa shape index (κ2) is 6.61. The number of rotatable bonds is 2. The van der Waals surface area contributed by atoms with E-state index in [0.29, 0.717) is 19.4 Å².